The maximum Gasteiger partial charge on any atom is 0.247 e. The lowest BCUT2D eigenvalue weighted by Crippen LogP contribution is -2.57. The first-order valence-corrected chi connectivity index (χ1v) is 17.2. The third-order valence-electron chi connectivity index (χ3n) is 9.78. The monoisotopic (exact) mass is 638 g/mol. The minimum absolute atomic E-state index is 0.102. The van der Waals surface area contributed by atoms with Crippen LogP contribution >= 0.6 is 11.8 Å². The van der Waals surface area contributed by atoms with Crippen molar-refractivity contribution < 1.29 is 29.0 Å². The third kappa shape index (κ3) is 5.92. The Labute approximate surface area is 270 Å². The molecule has 0 radical (unpaired) electrons. The number of aliphatic hydroxyl groups is 1. The second-order valence-corrected chi connectivity index (χ2v) is 14.5. The number of aliphatic hydroxyl groups excluding tert-OH is 1. The van der Waals surface area contributed by atoms with Crippen LogP contribution in [0.15, 0.2) is 48.6 Å². The number of hydrogen-bond donors (Lipinski definition) is 1. The summed E-state index contributed by atoms with van der Waals surface area (Å²) in [6.45, 7) is 11.5. The van der Waals surface area contributed by atoms with Gasteiger partial charge in [-0.3, -0.25) is 19.3 Å². The van der Waals surface area contributed by atoms with Crippen LogP contribution in [-0.2, 0) is 19.1 Å². The number of thioether (sulfide) groups is 1. The number of carbonyl (C=O) groups is 3. The fraction of sp³-hybridized carbons (Fsp3) is 0.618. The van der Waals surface area contributed by atoms with Gasteiger partial charge in [-0.1, -0.05) is 38.2 Å². The summed E-state index contributed by atoms with van der Waals surface area (Å²) in [4.78, 5) is 51.5. The van der Waals surface area contributed by atoms with Gasteiger partial charge >= 0.3 is 0 Å². The molecule has 6 atom stereocenters. The molecule has 1 aromatic carbocycles. The van der Waals surface area contributed by atoms with E-state index in [0.717, 1.165) is 31.1 Å². The minimum atomic E-state index is -0.913. The molecular formula is C34H46N4O6S. The van der Waals surface area contributed by atoms with E-state index in [1.54, 1.807) is 21.6 Å². The lowest BCUT2D eigenvalue weighted by Gasteiger charge is -2.39. The number of benzene rings is 1. The number of rotatable bonds is 10. The van der Waals surface area contributed by atoms with E-state index in [1.807, 2.05) is 48.2 Å². The third-order valence-corrected chi connectivity index (χ3v) is 11.5. The molecule has 1 spiro atoms. The Morgan fingerprint density at radius 2 is 1.78 bits per heavy atom. The molecule has 244 valence electrons. The lowest BCUT2D eigenvalue weighted by atomic mass is 9.78. The fourth-order valence-electron chi connectivity index (χ4n) is 7.75. The SMILES string of the molecule is CCOc1ccc(N2CC=C[C@@H]3S[C@]45C=CCN(CCN6CCOCC6)C(=O)C4N([C@@H](CO)CC(C)C)C(=O)[C@@H]5[C@@H]3C2=O)cc1. The Morgan fingerprint density at radius 1 is 1.02 bits per heavy atom. The molecule has 0 saturated carbocycles. The molecule has 45 heavy (non-hydrogen) atoms. The van der Waals surface area contributed by atoms with E-state index < -0.39 is 28.7 Å². The van der Waals surface area contributed by atoms with Crippen molar-refractivity contribution in [1.82, 2.24) is 14.7 Å². The zero-order valence-electron chi connectivity index (χ0n) is 26.5. The Kier molecular flexibility index (Phi) is 9.61. The normalized spacial score (nSPS) is 30.8. The van der Waals surface area contributed by atoms with Crippen LogP contribution in [0.3, 0.4) is 0 Å². The number of hydrogen-bond acceptors (Lipinski definition) is 8. The zero-order chi connectivity index (χ0) is 31.7. The smallest absolute Gasteiger partial charge is 0.247 e. The summed E-state index contributed by atoms with van der Waals surface area (Å²) in [5.74, 6) is -0.848. The van der Waals surface area contributed by atoms with Crippen molar-refractivity contribution in [2.24, 2.45) is 17.8 Å². The second-order valence-electron chi connectivity index (χ2n) is 13.0. The average Bonchev–Trinajstić information content (AvgIpc) is 3.36. The number of amides is 3. The van der Waals surface area contributed by atoms with Gasteiger partial charge in [0.1, 0.15) is 11.8 Å². The number of carbonyl (C=O) groups excluding carboxylic acids is 3. The van der Waals surface area contributed by atoms with Crippen LogP contribution in [0.25, 0.3) is 0 Å². The Hall–Kier alpha value is -2.86. The Bertz CT molecular complexity index is 1310. The van der Waals surface area contributed by atoms with Gasteiger partial charge in [0.15, 0.2) is 0 Å². The van der Waals surface area contributed by atoms with Gasteiger partial charge in [-0.05, 0) is 43.5 Å². The van der Waals surface area contributed by atoms with Gasteiger partial charge in [-0.2, -0.15) is 0 Å². The number of likely N-dealkylation sites (tertiary alicyclic amines) is 1. The molecule has 1 aromatic rings. The fourth-order valence-corrected chi connectivity index (χ4v) is 9.74. The molecule has 10 nitrogen and oxygen atoms in total. The van der Waals surface area contributed by atoms with Crippen molar-refractivity contribution in [1.29, 1.82) is 0 Å². The number of ether oxygens (including phenoxy) is 2. The van der Waals surface area contributed by atoms with Gasteiger partial charge in [-0.15, -0.1) is 11.8 Å². The number of morpholine rings is 1. The van der Waals surface area contributed by atoms with E-state index in [1.165, 1.54) is 0 Å². The predicted molar refractivity (Wildman–Crippen MR) is 174 cm³/mol. The Morgan fingerprint density at radius 3 is 2.47 bits per heavy atom. The van der Waals surface area contributed by atoms with Crippen molar-refractivity contribution in [3.05, 3.63) is 48.6 Å². The summed E-state index contributed by atoms with van der Waals surface area (Å²) >= 11 is 1.58. The molecular weight excluding hydrogens is 592 g/mol. The predicted octanol–water partition coefficient (Wildman–Crippen LogP) is 2.42. The molecule has 3 amide bonds. The first kappa shape index (κ1) is 32.1. The molecule has 5 aliphatic heterocycles. The second kappa shape index (κ2) is 13.5. The molecule has 1 unspecified atom stereocenters. The van der Waals surface area contributed by atoms with Crippen LogP contribution in [0.2, 0.25) is 0 Å². The van der Waals surface area contributed by atoms with Gasteiger partial charge < -0.3 is 29.3 Å². The summed E-state index contributed by atoms with van der Waals surface area (Å²) in [7, 11) is 0. The quantitative estimate of drug-likeness (QED) is 0.390. The van der Waals surface area contributed by atoms with Crippen LogP contribution in [0.4, 0.5) is 5.69 Å². The van der Waals surface area contributed by atoms with Gasteiger partial charge in [0, 0.05) is 50.2 Å². The maximum absolute atomic E-state index is 14.7. The van der Waals surface area contributed by atoms with Crippen LogP contribution in [0.5, 0.6) is 5.75 Å². The van der Waals surface area contributed by atoms with E-state index in [9.17, 15) is 19.5 Å². The highest BCUT2D eigenvalue weighted by molar-refractivity contribution is 8.02. The highest BCUT2D eigenvalue weighted by atomic mass is 32.2. The summed E-state index contributed by atoms with van der Waals surface area (Å²) in [6.07, 6.45) is 8.71. The number of nitrogens with zero attached hydrogens (tertiary/aromatic N) is 4. The molecule has 5 aliphatic rings. The van der Waals surface area contributed by atoms with Crippen LogP contribution < -0.4 is 9.64 Å². The maximum atomic E-state index is 14.7. The lowest BCUT2D eigenvalue weighted by molar-refractivity contribution is -0.146. The van der Waals surface area contributed by atoms with Crippen molar-refractivity contribution >= 4 is 35.2 Å². The van der Waals surface area contributed by atoms with Gasteiger partial charge in [-0.25, -0.2) is 0 Å². The molecule has 0 bridgehead atoms. The van der Waals surface area contributed by atoms with Crippen molar-refractivity contribution in [3.8, 4) is 5.75 Å². The molecule has 3 saturated heterocycles. The van der Waals surface area contributed by atoms with Crippen LogP contribution in [0, 0.1) is 17.8 Å². The van der Waals surface area contributed by atoms with E-state index >= 15 is 0 Å². The Balaban J connectivity index is 1.35. The average molecular weight is 639 g/mol. The molecule has 11 heteroatoms. The highest BCUT2D eigenvalue weighted by Gasteiger charge is 2.71. The largest absolute Gasteiger partial charge is 0.494 e. The molecule has 6 rings (SSSR count). The first-order valence-electron chi connectivity index (χ1n) is 16.4. The molecule has 3 fully saturated rings. The van der Waals surface area contributed by atoms with E-state index in [0.29, 0.717) is 45.9 Å². The van der Waals surface area contributed by atoms with Gasteiger partial charge in [0.25, 0.3) is 0 Å². The highest BCUT2D eigenvalue weighted by Crippen LogP contribution is 2.61. The van der Waals surface area contributed by atoms with Crippen molar-refractivity contribution in [3.63, 3.8) is 0 Å². The summed E-state index contributed by atoms with van der Waals surface area (Å²) in [6, 6.07) is 6.17. The zero-order valence-corrected chi connectivity index (χ0v) is 27.4. The first-order chi connectivity index (χ1) is 21.8. The molecule has 1 N–H and O–H groups in total. The van der Waals surface area contributed by atoms with Crippen molar-refractivity contribution in [2.75, 3.05) is 70.6 Å². The van der Waals surface area contributed by atoms with Crippen LogP contribution in [0.1, 0.15) is 27.2 Å². The van der Waals surface area contributed by atoms with E-state index in [4.69, 9.17) is 9.47 Å². The van der Waals surface area contributed by atoms with Gasteiger partial charge in [0.2, 0.25) is 17.7 Å². The summed E-state index contributed by atoms with van der Waals surface area (Å²) in [5.41, 5.74) is 0.744. The number of fused-ring (bicyclic) bond motifs is 2. The van der Waals surface area contributed by atoms with Crippen LogP contribution in [-0.4, -0.2) is 125 Å². The van der Waals surface area contributed by atoms with Crippen molar-refractivity contribution in [2.45, 2.75) is 49.3 Å². The summed E-state index contributed by atoms with van der Waals surface area (Å²) < 4.78 is 10.2. The topological polar surface area (TPSA) is 103 Å². The van der Waals surface area contributed by atoms with E-state index in [-0.39, 0.29) is 35.5 Å². The van der Waals surface area contributed by atoms with Gasteiger partial charge in [0.05, 0.1) is 49.1 Å². The molecule has 5 heterocycles. The van der Waals surface area contributed by atoms with E-state index in [2.05, 4.69) is 30.9 Å². The number of anilines is 1. The summed E-state index contributed by atoms with van der Waals surface area (Å²) in [5, 5.41) is 10.4. The molecule has 0 aliphatic carbocycles. The standard InChI is InChI=1S/C34H46N4O6S/c1-4-44-26-10-8-24(9-11-26)37-14-5-7-27-28(31(37)40)29-32(41)38(25(22-39)21-23(2)3)30-33(42)36(13-6-12-34(29,30)45-27)16-15-35-17-19-43-20-18-35/h5-12,23,25,27-30,39H,4,13-22H2,1-3H3/t25-,27+,28-,29+,30?,34+/m1/s1. The molecule has 0 aromatic heterocycles. The minimum Gasteiger partial charge on any atom is -0.494 e.